The molecule has 1 saturated heterocycles. The molecule has 0 saturated carbocycles. The summed E-state index contributed by atoms with van der Waals surface area (Å²) in [5.41, 5.74) is 5.85. The number of carbonyl (C=O) groups excluding carboxylic acids is 2. The van der Waals surface area contributed by atoms with Gasteiger partial charge in [-0.2, -0.15) is 0 Å². The molecule has 0 spiro atoms. The fraction of sp³-hybridized carbons (Fsp3) is 0.462. The lowest BCUT2D eigenvalue weighted by molar-refractivity contribution is -0.121. The van der Waals surface area contributed by atoms with Gasteiger partial charge in [0.2, 0.25) is 5.91 Å². The standard InChI is InChI=1S/C13H17N3O4S/c1-7-5-9(21-10(7)12(18)19)15-11(17)8-3-2-4-16(6-8)13(14)20/h5,8H,2-4,6H2,1H3,(H2,14,20)(H,15,17)(H,18,19). The number of aromatic carboxylic acids is 1. The van der Waals surface area contributed by atoms with Gasteiger partial charge in [-0.05, 0) is 31.4 Å². The van der Waals surface area contributed by atoms with Crippen LogP contribution in [0.15, 0.2) is 6.07 Å². The summed E-state index contributed by atoms with van der Waals surface area (Å²) < 4.78 is 0. The van der Waals surface area contributed by atoms with Gasteiger partial charge in [0, 0.05) is 13.1 Å². The molecule has 8 heteroatoms. The summed E-state index contributed by atoms with van der Waals surface area (Å²) >= 11 is 1.03. The summed E-state index contributed by atoms with van der Waals surface area (Å²) in [6.07, 6.45) is 1.41. The van der Waals surface area contributed by atoms with Crippen molar-refractivity contribution in [1.29, 1.82) is 0 Å². The summed E-state index contributed by atoms with van der Waals surface area (Å²) in [5.74, 6) is -1.53. The molecule has 1 unspecified atom stereocenters. The second-order valence-electron chi connectivity index (χ2n) is 5.04. The lowest BCUT2D eigenvalue weighted by Gasteiger charge is -2.30. The average molecular weight is 311 g/mol. The lowest BCUT2D eigenvalue weighted by atomic mass is 9.97. The molecule has 2 heterocycles. The number of primary amides is 1. The number of carboxylic acids is 1. The van der Waals surface area contributed by atoms with Crippen LogP contribution in [0.3, 0.4) is 0 Å². The Bertz CT molecular complexity index is 584. The molecular formula is C13H17N3O4S. The molecule has 1 aliphatic heterocycles. The maximum absolute atomic E-state index is 12.2. The number of aryl methyl sites for hydroxylation is 1. The number of likely N-dealkylation sites (tertiary alicyclic amines) is 1. The SMILES string of the molecule is Cc1cc(NC(=O)C2CCCN(C(N)=O)C2)sc1C(=O)O. The van der Waals surface area contributed by atoms with E-state index in [0.717, 1.165) is 17.8 Å². The van der Waals surface area contributed by atoms with E-state index in [4.69, 9.17) is 10.8 Å². The monoisotopic (exact) mass is 311 g/mol. The third kappa shape index (κ3) is 3.52. The summed E-state index contributed by atoms with van der Waals surface area (Å²) in [6.45, 7) is 2.56. The van der Waals surface area contributed by atoms with Gasteiger partial charge >= 0.3 is 12.0 Å². The first kappa shape index (κ1) is 15.3. The van der Waals surface area contributed by atoms with Crippen molar-refractivity contribution in [2.45, 2.75) is 19.8 Å². The Hall–Kier alpha value is -2.09. The summed E-state index contributed by atoms with van der Waals surface area (Å²) in [5, 5.41) is 12.2. The van der Waals surface area contributed by atoms with E-state index in [0.29, 0.717) is 30.1 Å². The topological polar surface area (TPSA) is 113 Å². The Kier molecular flexibility index (Phi) is 4.46. The van der Waals surface area contributed by atoms with Crippen LogP contribution in [0.4, 0.5) is 9.80 Å². The van der Waals surface area contributed by atoms with E-state index >= 15 is 0 Å². The maximum Gasteiger partial charge on any atom is 0.346 e. The molecular weight excluding hydrogens is 294 g/mol. The molecule has 1 aromatic rings. The van der Waals surface area contributed by atoms with Gasteiger partial charge in [0.05, 0.1) is 10.9 Å². The van der Waals surface area contributed by atoms with Crippen molar-refractivity contribution in [1.82, 2.24) is 4.90 Å². The highest BCUT2D eigenvalue weighted by molar-refractivity contribution is 7.18. The fourth-order valence-corrected chi connectivity index (χ4v) is 3.29. The van der Waals surface area contributed by atoms with Crippen LogP contribution in [0, 0.1) is 12.8 Å². The lowest BCUT2D eigenvalue weighted by Crippen LogP contribution is -2.45. The highest BCUT2D eigenvalue weighted by Gasteiger charge is 2.28. The Morgan fingerprint density at radius 2 is 2.19 bits per heavy atom. The largest absolute Gasteiger partial charge is 0.477 e. The molecule has 21 heavy (non-hydrogen) atoms. The van der Waals surface area contributed by atoms with Crippen molar-refractivity contribution in [3.63, 3.8) is 0 Å². The van der Waals surface area contributed by atoms with Crippen molar-refractivity contribution in [3.8, 4) is 0 Å². The molecule has 0 radical (unpaired) electrons. The molecule has 4 N–H and O–H groups in total. The van der Waals surface area contributed by atoms with E-state index in [2.05, 4.69) is 5.32 Å². The minimum Gasteiger partial charge on any atom is -0.477 e. The van der Waals surface area contributed by atoms with E-state index < -0.39 is 12.0 Å². The van der Waals surface area contributed by atoms with Gasteiger partial charge in [-0.15, -0.1) is 11.3 Å². The van der Waals surface area contributed by atoms with Crippen LogP contribution in [0.5, 0.6) is 0 Å². The van der Waals surface area contributed by atoms with E-state index in [9.17, 15) is 14.4 Å². The third-order valence-corrected chi connectivity index (χ3v) is 4.60. The number of nitrogens with two attached hydrogens (primary N) is 1. The Morgan fingerprint density at radius 1 is 1.48 bits per heavy atom. The van der Waals surface area contributed by atoms with E-state index in [1.165, 1.54) is 4.90 Å². The first-order chi connectivity index (χ1) is 9.88. The van der Waals surface area contributed by atoms with Gasteiger partial charge in [-0.1, -0.05) is 0 Å². The molecule has 2 rings (SSSR count). The molecule has 1 aliphatic rings. The number of urea groups is 1. The third-order valence-electron chi connectivity index (χ3n) is 3.46. The van der Waals surface area contributed by atoms with Crippen molar-refractivity contribution in [3.05, 3.63) is 16.5 Å². The zero-order chi connectivity index (χ0) is 15.6. The molecule has 3 amide bonds. The number of piperidine rings is 1. The van der Waals surface area contributed by atoms with Crippen LogP contribution in [0.25, 0.3) is 0 Å². The normalized spacial score (nSPS) is 18.3. The van der Waals surface area contributed by atoms with Crippen LogP contribution >= 0.6 is 11.3 Å². The van der Waals surface area contributed by atoms with Crippen molar-refractivity contribution in [2.24, 2.45) is 11.7 Å². The van der Waals surface area contributed by atoms with Crippen LogP contribution in [0.1, 0.15) is 28.1 Å². The molecule has 1 aromatic heterocycles. The first-order valence-electron chi connectivity index (χ1n) is 6.57. The quantitative estimate of drug-likeness (QED) is 0.784. The number of carboxylic acid groups (broad SMARTS) is 1. The second-order valence-corrected chi connectivity index (χ2v) is 6.09. The van der Waals surface area contributed by atoms with Gasteiger partial charge in [0.1, 0.15) is 4.88 Å². The van der Waals surface area contributed by atoms with Gasteiger partial charge in [-0.3, -0.25) is 4.79 Å². The molecule has 7 nitrogen and oxygen atoms in total. The predicted molar refractivity (Wildman–Crippen MR) is 78.5 cm³/mol. The number of hydrogen-bond donors (Lipinski definition) is 3. The summed E-state index contributed by atoms with van der Waals surface area (Å²) in [7, 11) is 0. The number of carbonyl (C=O) groups is 3. The Morgan fingerprint density at radius 3 is 2.76 bits per heavy atom. The number of anilines is 1. The fourth-order valence-electron chi connectivity index (χ4n) is 2.37. The number of rotatable bonds is 3. The number of amides is 3. The van der Waals surface area contributed by atoms with E-state index in [1.54, 1.807) is 13.0 Å². The summed E-state index contributed by atoms with van der Waals surface area (Å²) in [4.78, 5) is 36.0. The molecule has 0 bridgehead atoms. The van der Waals surface area contributed by atoms with Crippen LogP contribution in [-0.2, 0) is 4.79 Å². The van der Waals surface area contributed by atoms with Crippen LogP contribution in [0.2, 0.25) is 0 Å². The maximum atomic E-state index is 12.2. The van der Waals surface area contributed by atoms with Crippen LogP contribution < -0.4 is 11.1 Å². The molecule has 114 valence electrons. The molecule has 1 fully saturated rings. The minimum atomic E-state index is -1.00. The zero-order valence-corrected chi connectivity index (χ0v) is 12.4. The summed E-state index contributed by atoms with van der Waals surface area (Å²) in [6, 6.07) is 1.12. The van der Waals surface area contributed by atoms with Crippen LogP contribution in [-0.4, -0.2) is 41.0 Å². The van der Waals surface area contributed by atoms with Crippen molar-refractivity contribution < 1.29 is 19.5 Å². The van der Waals surface area contributed by atoms with Crippen molar-refractivity contribution in [2.75, 3.05) is 18.4 Å². The van der Waals surface area contributed by atoms with E-state index in [1.807, 2.05) is 0 Å². The molecule has 0 aromatic carbocycles. The van der Waals surface area contributed by atoms with Gasteiger partial charge in [-0.25, -0.2) is 9.59 Å². The number of nitrogens with one attached hydrogen (secondary N) is 1. The minimum absolute atomic E-state index is 0.209. The number of thiophene rings is 1. The number of hydrogen-bond acceptors (Lipinski definition) is 4. The zero-order valence-electron chi connectivity index (χ0n) is 11.6. The van der Waals surface area contributed by atoms with Gasteiger partial charge in [0.15, 0.2) is 0 Å². The second kappa shape index (κ2) is 6.13. The van der Waals surface area contributed by atoms with Gasteiger partial charge < -0.3 is 21.1 Å². The smallest absolute Gasteiger partial charge is 0.346 e. The first-order valence-corrected chi connectivity index (χ1v) is 7.39. The van der Waals surface area contributed by atoms with E-state index in [-0.39, 0.29) is 16.7 Å². The highest BCUT2D eigenvalue weighted by atomic mass is 32.1. The average Bonchev–Trinajstić information content (AvgIpc) is 2.79. The number of nitrogens with zero attached hydrogens (tertiary/aromatic N) is 1. The highest BCUT2D eigenvalue weighted by Crippen LogP contribution is 2.27. The van der Waals surface area contributed by atoms with Gasteiger partial charge in [0.25, 0.3) is 0 Å². The molecule has 1 atom stereocenters. The molecule has 0 aliphatic carbocycles. The Labute approximate surface area is 125 Å². The van der Waals surface area contributed by atoms with Crippen molar-refractivity contribution >= 4 is 34.2 Å². The Balaban J connectivity index is 2.02. The predicted octanol–water partition coefficient (Wildman–Crippen LogP) is 1.48.